The number of thiophene rings is 1. The smallest absolute Gasteiger partial charge is 0.247 e. The van der Waals surface area contributed by atoms with Gasteiger partial charge in [0.15, 0.2) is 5.01 Å². The number of nitrogens with zero attached hydrogens (tertiary/aromatic N) is 4. The molecule has 11 heteroatoms. The van der Waals surface area contributed by atoms with E-state index in [-0.39, 0.29) is 4.90 Å². The number of benzene rings is 1. The molecule has 0 radical (unpaired) electrons. The minimum atomic E-state index is -3.70. The van der Waals surface area contributed by atoms with Crippen LogP contribution < -0.4 is 14.4 Å². The van der Waals surface area contributed by atoms with Gasteiger partial charge in [-0.25, -0.2) is 8.42 Å². The van der Waals surface area contributed by atoms with Crippen molar-refractivity contribution >= 4 is 37.8 Å². The Morgan fingerprint density at radius 1 is 1.03 bits per heavy atom. The lowest BCUT2D eigenvalue weighted by atomic mass is 10.3. The highest BCUT2D eigenvalue weighted by Crippen LogP contribution is 2.34. The van der Waals surface area contributed by atoms with Crippen LogP contribution in [0, 0.1) is 0 Å². The molecule has 1 aliphatic heterocycles. The minimum Gasteiger partial charge on any atom is -0.497 e. The van der Waals surface area contributed by atoms with Crippen molar-refractivity contribution in [3.05, 3.63) is 35.7 Å². The number of methoxy groups -OCH3 is 2. The summed E-state index contributed by atoms with van der Waals surface area (Å²) in [5.41, 5.74) is 0. The van der Waals surface area contributed by atoms with E-state index in [4.69, 9.17) is 9.47 Å². The first-order chi connectivity index (χ1) is 14.0. The second-order valence-electron chi connectivity index (χ2n) is 6.28. The number of rotatable bonds is 6. The molecular formula is C18H20N4O4S3. The van der Waals surface area contributed by atoms with E-state index >= 15 is 0 Å². The van der Waals surface area contributed by atoms with Crippen LogP contribution in [0.3, 0.4) is 0 Å². The number of anilines is 1. The molecule has 0 amide bonds. The molecule has 0 spiro atoms. The third-order valence-corrected chi connectivity index (χ3v) is 8.59. The van der Waals surface area contributed by atoms with Gasteiger partial charge in [-0.2, -0.15) is 4.31 Å². The Kier molecular flexibility index (Phi) is 5.72. The van der Waals surface area contributed by atoms with Crippen LogP contribution in [-0.2, 0) is 10.0 Å². The van der Waals surface area contributed by atoms with Gasteiger partial charge in [-0.3, -0.25) is 0 Å². The highest BCUT2D eigenvalue weighted by Gasteiger charge is 2.32. The lowest BCUT2D eigenvalue weighted by molar-refractivity contribution is 0.370. The Bertz CT molecular complexity index is 1070. The van der Waals surface area contributed by atoms with Crippen molar-refractivity contribution in [3.8, 4) is 21.4 Å². The monoisotopic (exact) mass is 452 g/mol. The maximum absolute atomic E-state index is 13.2. The molecule has 1 fully saturated rings. The van der Waals surface area contributed by atoms with Crippen molar-refractivity contribution in [2.24, 2.45) is 0 Å². The van der Waals surface area contributed by atoms with E-state index < -0.39 is 10.0 Å². The second-order valence-corrected chi connectivity index (χ2v) is 10.1. The van der Waals surface area contributed by atoms with Gasteiger partial charge in [0.05, 0.1) is 19.1 Å². The summed E-state index contributed by atoms with van der Waals surface area (Å²) >= 11 is 3.15. The molecule has 0 aliphatic carbocycles. The molecule has 0 atom stereocenters. The summed E-state index contributed by atoms with van der Waals surface area (Å²) < 4.78 is 38.3. The molecule has 29 heavy (non-hydrogen) atoms. The number of piperazine rings is 1. The van der Waals surface area contributed by atoms with E-state index in [2.05, 4.69) is 15.1 Å². The molecule has 0 bridgehead atoms. The van der Waals surface area contributed by atoms with E-state index in [9.17, 15) is 8.42 Å². The number of aromatic nitrogens is 2. The van der Waals surface area contributed by atoms with Crippen LogP contribution in [-0.4, -0.2) is 63.3 Å². The fraction of sp³-hybridized carbons (Fsp3) is 0.333. The zero-order chi connectivity index (χ0) is 20.4. The van der Waals surface area contributed by atoms with E-state index in [1.165, 1.54) is 35.9 Å². The quantitative estimate of drug-likeness (QED) is 0.568. The standard InChI is InChI=1S/C18H20N4O4S3/c1-25-13-5-6-14(26-2)16(12-13)29(23,24)22-9-7-21(8-10-22)18-20-19-17(28-18)15-4-3-11-27-15/h3-6,11-12H,7-10H2,1-2H3. The van der Waals surface area contributed by atoms with Crippen molar-refractivity contribution in [3.63, 3.8) is 0 Å². The zero-order valence-electron chi connectivity index (χ0n) is 15.9. The molecule has 1 aromatic carbocycles. The molecule has 3 heterocycles. The summed E-state index contributed by atoms with van der Waals surface area (Å²) in [6.45, 7) is 1.81. The summed E-state index contributed by atoms with van der Waals surface area (Å²) in [5.74, 6) is 0.774. The molecule has 154 valence electrons. The molecule has 8 nitrogen and oxygen atoms in total. The van der Waals surface area contributed by atoms with Crippen molar-refractivity contribution in [1.82, 2.24) is 14.5 Å². The molecule has 1 saturated heterocycles. The molecule has 3 aromatic rings. The Hall–Kier alpha value is -2.21. The second kappa shape index (κ2) is 8.27. The summed E-state index contributed by atoms with van der Waals surface area (Å²) in [6, 6.07) is 8.78. The van der Waals surface area contributed by atoms with E-state index in [1.807, 2.05) is 17.5 Å². The van der Waals surface area contributed by atoms with Crippen molar-refractivity contribution in [2.45, 2.75) is 4.90 Å². The maximum Gasteiger partial charge on any atom is 0.247 e. The van der Waals surface area contributed by atoms with E-state index in [1.54, 1.807) is 23.5 Å². The lowest BCUT2D eigenvalue weighted by Crippen LogP contribution is -2.48. The SMILES string of the molecule is COc1ccc(OC)c(S(=O)(=O)N2CCN(c3nnc(-c4cccs4)s3)CC2)c1. The average molecular weight is 453 g/mol. The van der Waals surface area contributed by atoms with Crippen molar-refractivity contribution in [1.29, 1.82) is 0 Å². The predicted molar refractivity (Wildman–Crippen MR) is 114 cm³/mol. The maximum atomic E-state index is 13.2. The summed E-state index contributed by atoms with van der Waals surface area (Å²) in [6.07, 6.45) is 0. The fourth-order valence-corrected chi connectivity index (χ4v) is 6.37. The fourth-order valence-electron chi connectivity index (χ4n) is 3.09. The number of hydrogen-bond acceptors (Lipinski definition) is 9. The number of hydrogen-bond donors (Lipinski definition) is 0. The van der Waals surface area contributed by atoms with Gasteiger partial charge in [0.25, 0.3) is 0 Å². The molecule has 0 unspecified atom stereocenters. The van der Waals surface area contributed by atoms with Crippen LogP contribution in [0.15, 0.2) is 40.6 Å². The molecule has 0 saturated carbocycles. The van der Waals surface area contributed by atoms with Gasteiger partial charge < -0.3 is 14.4 Å². The van der Waals surface area contributed by atoms with Crippen LogP contribution in [0.5, 0.6) is 11.5 Å². The normalized spacial score (nSPS) is 15.4. The zero-order valence-corrected chi connectivity index (χ0v) is 18.4. The first-order valence-electron chi connectivity index (χ1n) is 8.87. The Morgan fingerprint density at radius 2 is 1.83 bits per heavy atom. The van der Waals surface area contributed by atoms with Gasteiger partial charge in [0.1, 0.15) is 16.4 Å². The molecule has 2 aromatic heterocycles. The Balaban J connectivity index is 1.49. The van der Waals surface area contributed by atoms with Crippen LogP contribution in [0.4, 0.5) is 5.13 Å². The molecule has 4 rings (SSSR count). The van der Waals surface area contributed by atoms with Gasteiger partial charge in [-0.05, 0) is 23.6 Å². The van der Waals surface area contributed by atoms with Crippen LogP contribution in [0.2, 0.25) is 0 Å². The van der Waals surface area contributed by atoms with Crippen LogP contribution in [0.25, 0.3) is 9.88 Å². The number of sulfonamides is 1. The summed E-state index contributed by atoms with van der Waals surface area (Å²) in [5, 5.41) is 12.3. The molecular weight excluding hydrogens is 432 g/mol. The average Bonchev–Trinajstić information content (AvgIpc) is 3.45. The van der Waals surface area contributed by atoms with Gasteiger partial charge >= 0.3 is 0 Å². The van der Waals surface area contributed by atoms with Gasteiger partial charge in [0, 0.05) is 32.2 Å². The van der Waals surface area contributed by atoms with E-state index in [0.29, 0.717) is 37.7 Å². The Labute approximate surface area is 177 Å². The summed E-state index contributed by atoms with van der Waals surface area (Å²) in [4.78, 5) is 3.27. The van der Waals surface area contributed by atoms with Crippen LogP contribution in [0.1, 0.15) is 0 Å². The Morgan fingerprint density at radius 3 is 2.48 bits per heavy atom. The highest BCUT2D eigenvalue weighted by molar-refractivity contribution is 7.89. The van der Waals surface area contributed by atoms with Crippen molar-refractivity contribution < 1.29 is 17.9 Å². The lowest BCUT2D eigenvalue weighted by Gasteiger charge is -2.33. The third kappa shape index (κ3) is 3.95. The van der Waals surface area contributed by atoms with Gasteiger partial charge in [-0.1, -0.05) is 17.4 Å². The molecule has 1 aliphatic rings. The molecule has 0 N–H and O–H groups in total. The van der Waals surface area contributed by atoms with E-state index in [0.717, 1.165) is 15.0 Å². The number of ether oxygens (including phenoxy) is 2. The largest absolute Gasteiger partial charge is 0.497 e. The van der Waals surface area contributed by atoms with Gasteiger partial charge in [-0.15, -0.1) is 21.5 Å². The van der Waals surface area contributed by atoms with Crippen molar-refractivity contribution in [2.75, 3.05) is 45.3 Å². The minimum absolute atomic E-state index is 0.115. The van der Waals surface area contributed by atoms with Crippen LogP contribution >= 0.6 is 22.7 Å². The van der Waals surface area contributed by atoms with Gasteiger partial charge in [0.2, 0.25) is 15.2 Å². The third-order valence-electron chi connectivity index (χ3n) is 4.64. The highest BCUT2D eigenvalue weighted by atomic mass is 32.2. The first-order valence-corrected chi connectivity index (χ1v) is 12.0. The topological polar surface area (TPSA) is 84.9 Å². The first kappa shape index (κ1) is 20.1. The summed E-state index contributed by atoms with van der Waals surface area (Å²) in [7, 11) is -0.741. The predicted octanol–water partition coefficient (Wildman–Crippen LogP) is 2.79.